The van der Waals surface area contributed by atoms with Gasteiger partial charge >= 0.3 is 5.97 Å². The van der Waals surface area contributed by atoms with Gasteiger partial charge in [0.1, 0.15) is 6.29 Å². The van der Waals surface area contributed by atoms with Gasteiger partial charge in [0, 0.05) is 17.0 Å². The highest BCUT2D eigenvalue weighted by Crippen LogP contribution is 2.21. The van der Waals surface area contributed by atoms with Crippen LogP contribution in [-0.4, -0.2) is 17.4 Å². The van der Waals surface area contributed by atoms with E-state index in [0.29, 0.717) is 10.6 Å². The van der Waals surface area contributed by atoms with Crippen LogP contribution in [0.1, 0.15) is 22.3 Å². The molecule has 0 saturated carbocycles. The third kappa shape index (κ3) is 2.92. The van der Waals surface area contributed by atoms with Gasteiger partial charge in [-0.15, -0.1) is 0 Å². The van der Waals surface area contributed by atoms with E-state index in [1.165, 1.54) is 6.07 Å². The molecule has 0 aliphatic rings. The maximum atomic E-state index is 10.8. The third-order valence-corrected chi connectivity index (χ3v) is 2.13. The normalized spacial score (nSPS) is 10.5. The van der Waals surface area contributed by atoms with Crippen LogP contribution in [0.4, 0.5) is 0 Å². The van der Waals surface area contributed by atoms with Crippen LogP contribution in [0.25, 0.3) is 6.08 Å². The highest BCUT2D eigenvalue weighted by molar-refractivity contribution is 6.32. The quantitative estimate of drug-likeness (QED) is 0.800. The van der Waals surface area contributed by atoms with Crippen LogP contribution in [0.3, 0.4) is 0 Å². The summed E-state index contributed by atoms with van der Waals surface area (Å²) in [6.07, 6.45) is 4.08. The Morgan fingerprint density at radius 2 is 2.20 bits per heavy atom. The number of aldehydes is 1. The minimum Gasteiger partial charge on any atom is -0.478 e. The van der Waals surface area contributed by atoms with Crippen molar-refractivity contribution in [2.24, 2.45) is 0 Å². The minimum atomic E-state index is -1.04. The molecule has 1 aromatic rings. The Labute approximate surface area is 92.0 Å². The second kappa shape index (κ2) is 5.32. The van der Waals surface area contributed by atoms with E-state index in [-0.39, 0.29) is 12.0 Å². The number of hydrogen-bond acceptors (Lipinski definition) is 2. The fourth-order valence-corrected chi connectivity index (χ4v) is 1.37. The van der Waals surface area contributed by atoms with Gasteiger partial charge in [0.2, 0.25) is 0 Å². The number of halogens is 1. The van der Waals surface area contributed by atoms with Gasteiger partial charge in [-0.2, -0.15) is 0 Å². The lowest BCUT2D eigenvalue weighted by Crippen LogP contribution is -1.99. The molecule has 0 fully saturated rings. The molecule has 0 aliphatic carbocycles. The molecule has 4 heteroatoms. The number of aromatic carboxylic acids is 1. The van der Waals surface area contributed by atoms with Gasteiger partial charge in [0.15, 0.2) is 0 Å². The van der Waals surface area contributed by atoms with Crippen molar-refractivity contribution in [1.82, 2.24) is 0 Å². The van der Waals surface area contributed by atoms with E-state index in [1.807, 2.05) is 0 Å². The molecule has 0 atom stereocenters. The Bertz CT molecular complexity index is 410. The summed E-state index contributed by atoms with van der Waals surface area (Å²) in [5.41, 5.74) is 0.554. The molecule has 1 rings (SSSR count). The van der Waals surface area contributed by atoms with Gasteiger partial charge in [-0.1, -0.05) is 29.8 Å². The van der Waals surface area contributed by atoms with Gasteiger partial charge in [0.25, 0.3) is 0 Å². The second-order valence-electron chi connectivity index (χ2n) is 2.81. The Kier molecular flexibility index (Phi) is 4.06. The lowest BCUT2D eigenvalue weighted by Gasteiger charge is -2.02. The van der Waals surface area contributed by atoms with Gasteiger partial charge in [0.05, 0.1) is 5.56 Å². The summed E-state index contributed by atoms with van der Waals surface area (Å²) < 4.78 is 0. The summed E-state index contributed by atoms with van der Waals surface area (Å²) in [7, 11) is 0. The molecule has 78 valence electrons. The van der Waals surface area contributed by atoms with Crippen molar-refractivity contribution in [2.45, 2.75) is 6.42 Å². The first-order chi connectivity index (χ1) is 7.16. The lowest BCUT2D eigenvalue weighted by molar-refractivity contribution is -0.107. The Morgan fingerprint density at radius 1 is 1.47 bits per heavy atom. The predicted molar refractivity (Wildman–Crippen MR) is 58.1 cm³/mol. The van der Waals surface area contributed by atoms with Crippen LogP contribution in [0, 0.1) is 0 Å². The highest BCUT2D eigenvalue weighted by atomic mass is 35.5. The van der Waals surface area contributed by atoms with Crippen LogP contribution in [0.15, 0.2) is 24.3 Å². The first-order valence-corrected chi connectivity index (χ1v) is 4.66. The summed E-state index contributed by atoms with van der Waals surface area (Å²) in [5.74, 6) is -1.04. The summed E-state index contributed by atoms with van der Waals surface area (Å²) in [5, 5.41) is 9.24. The first kappa shape index (κ1) is 11.5. The van der Waals surface area contributed by atoms with Crippen LogP contribution in [0.2, 0.25) is 5.02 Å². The van der Waals surface area contributed by atoms with E-state index < -0.39 is 5.97 Å². The molecule has 0 saturated heterocycles. The van der Waals surface area contributed by atoms with E-state index in [4.69, 9.17) is 16.7 Å². The number of carbonyl (C=O) groups excluding carboxylic acids is 1. The average molecular weight is 225 g/mol. The number of benzene rings is 1. The zero-order valence-electron chi connectivity index (χ0n) is 7.81. The maximum Gasteiger partial charge on any atom is 0.336 e. The Balaban J connectivity index is 3.13. The van der Waals surface area contributed by atoms with Gasteiger partial charge in [-0.25, -0.2) is 4.79 Å². The SMILES string of the molecule is O=CCC=Cc1c(Cl)cccc1C(=O)O. The van der Waals surface area contributed by atoms with Crippen molar-refractivity contribution in [3.8, 4) is 0 Å². The molecule has 0 radical (unpaired) electrons. The van der Waals surface area contributed by atoms with E-state index >= 15 is 0 Å². The smallest absolute Gasteiger partial charge is 0.336 e. The molecule has 0 spiro atoms. The van der Waals surface area contributed by atoms with Crippen molar-refractivity contribution >= 4 is 29.9 Å². The molecular weight excluding hydrogens is 216 g/mol. The zero-order chi connectivity index (χ0) is 11.3. The molecule has 0 aliphatic heterocycles. The number of hydrogen-bond donors (Lipinski definition) is 1. The molecule has 0 unspecified atom stereocenters. The third-order valence-electron chi connectivity index (χ3n) is 1.80. The summed E-state index contributed by atoms with van der Waals surface area (Å²) >= 11 is 5.85. The van der Waals surface area contributed by atoms with Crippen molar-refractivity contribution in [3.05, 3.63) is 40.4 Å². The van der Waals surface area contributed by atoms with Crippen molar-refractivity contribution < 1.29 is 14.7 Å². The lowest BCUT2D eigenvalue weighted by atomic mass is 10.1. The Hall–Kier alpha value is -1.61. The molecule has 3 nitrogen and oxygen atoms in total. The predicted octanol–water partition coefficient (Wildman–Crippen LogP) is 2.64. The highest BCUT2D eigenvalue weighted by Gasteiger charge is 2.09. The van der Waals surface area contributed by atoms with Crippen molar-refractivity contribution in [3.63, 3.8) is 0 Å². The van der Waals surface area contributed by atoms with Gasteiger partial charge in [-0.05, 0) is 12.1 Å². The molecule has 1 N–H and O–H groups in total. The van der Waals surface area contributed by atoms with Crippen molar-refractivity contribution in [2.75, 3.05) is 0 Å². The summed E-state index contributed by atoms with van der Waals surface area (Å²) in [6.45, 7) is 0. The van der Waals surface area contributed by atoms with E-state index in [0.717, 1.165) is 6.29 Å². The van der Waals surface area contributed by atoms with E-state index in [2.05, 4.69) is 0 Å². The molecule has 1 aromatic carbocycles. The first-order valence-electron chi connectivity index (χ1n) is 4.28. The van der Waals surface area contributed by atoms with Crippen molar-refractivity contribution in [1.29, 1.82) is 0 Å². The standard InChI is InChI=1S/C11H9ClO3/c12-10-6-3-5-9(11(14)15)8(10)4-1-2-7-13/h1,3-7H,2H2,(H,14,15). The second-order valence-corrected chi connectivity index (χ2v) is 3.22. The van der Waals surface area contributed by atoms with Crippen LogP contribution in [-0.2, 0) is 4.79 Å². The number of allylic oxidation sites excluding steroid dienone is 1. The fraction of sp³-hybridized carbons (Fsp3) is 0.0909. The number of carbonyl (C=O) groups is 2. The number of carboxylic acid groups (broad SMARTS) is 1. The van der Waals surface area contributed by atoms with E-state index in [1.54, 1.807) is 24.3 Å². The molecular formula is C11H9ClO3. The molecule has 0 amide bonds. The largest absolute Gasteiger partial charge is 0.478 e. The van der Waals surface area contributed by atoms with Gasteiger partial charge < -0.3 is 9.90 Å². The van der Waals surface area contributed by atoms with Crippen LogP contribution < -0.4 is 0 Å². The van der Waals surface area contributed by atoms with Crippen LogP contribution >= 0.6 is 11.6 Å². The number of rotatable bonds is 4. The molecule has 0 heterocycles. The van der Waals surface area contributed by atoms with E-state index in [9.17, 15) is 9.59 Å². The molecule has 0 bridgehead atoms. The fourth-order valence-electron chi connectivity index (χ4n) is 1.13. The Morgan fingerprint density at radius 3 is 2.80 bits per heavy atom. The summed E-state index contributed by atoms with van der Waals surface area (Å²) in [4.78, 5) is 20.9. The minimum absolute atomic E-state index is 0.129. The van der Waals surface area contributed by atoms with Crippen LogP contribution in [0.5, 0.6) is 0 Å². The topological polar surface area (TPSA) is 54.4 Å². The van der Waals surface area contributed by atoms with Gasteiger partial charge in [-0.3, -0.25) is 0 Å². The average Bonchev–Trinajstić information content (AvgIpc) is 2.20. The zero-order valence-corrected chi connectivity index (χ0v) is 8.57. The molecule has 0 aromatic heterocycles. The summed E-state index contributed by atoms with van der Waals surface area (Å²) in [6, 6.07) is 4.65. The molecule has 15 heavy (non-hydrogen) atoms. The number of carboxylic acids is 1. The monoisotopic (exact) mass is 224 g/mol. The maximum absolute atomic E-state index is 10.8.